The summed E-state index contributed by atoms with van der Waals surface area (Å²) in [6, 6.07) is 25.0. The van der Waals surface area contributed by atoms with Crippen LogP contribution in [-0.2, 0) is 9.59 Å². The van der Waals surface area contributed by atoms with Gasteiger partial charge in [0.05, 0.1) is 5.75 Å². The molecule has 4 rings (SSSR count). The molecule has 0 aromatic heterocycles. The highest BCUT2D eigenvalue weighted by atomic mass is 32.2. The number of rotatable bonds is 7. The van der Waals surface area contributed by atoms with Crippen molar-refractivity contribution in [3.8, 4) is 5.75 Å². The van der Waals surface area contributed by atoms with Crippen LogP contribution in [0.5, 0.6) is 5.75 Å². The second-order valence-electron chi connectivity index (χ2n) is 7.91. The molecule has 3 aromatic carbocycles. The van der Waals surface area contributed by atoms with Crippen LogP contribution in [0.15, 0.2) is 78.9 Å². The third-order valence-electron chi connectivity index (χ3n) is 5.28. The number of hydrogen-bond acceptors (Lipinski definition) is 4. The second-order valence-corrected chi connectivity index (χ2v) is 8.98. The number of nitrogens with zero attached hydrogens (tertiary/aromatic N) is 1. The molecule has 1 fully saturated rings. The third kappa shape index (κ3) is 4.97. The fourth-order valence-electron chi connectivity index (χ4n) is 3.72. The molecule has 1 aliphatic rings. The number of para-hydroxylation sites is 2. The molecule has 5 nitrogen and oxygen atoms in total. The molecule has 3 aromatic rings. The standard InChI is InChI=1S/C26H26N2O3S/c1-18(2)22-10-6-7-11-23(22)28-25(30)17-32-26(28)19-12-14-20(15-13-19)27-24(29)16-31-21-8-4-3-5-9-21/h3-15,18,26H,16-17H2,1-2H3,(H,27,29). The van der Waals surface area contributed by atoms with Gasteiger partial charge >= 0.3 is 0 Å². The van der Waals surface area contributed by atoms with E-state index in [1.807, 2.05) is 77.7 Å². The lowest BCUT2D eigenvalue weighted by Gasteiger charge is -2.27. The van der Waals surface area contributed by atoms with Crippen molar-refractivity contribution in [1.82, 2.24) is 0 Å². The van der Waals surface area contributed by atoms with E-state index in [2.05, 4.69) is 25.2 Å². The molecule has 0 aliphatic carbocycles. The average molecular weight is 447 g/mol. The van der Waals surface area contributed by atoms with E-state index in [-0.39, 0.29) is 23.8 Å². The fraction of sp³-hybridized carbons (Fsp3) is 0.231. The predicted molar refractivity (Wildman–Crippen MR) is 130 cm³/mol. The van der Waals surface area contributed by atoms with E-state index >= 15 is 0 Å². The molecule has 1 N–H and O–H groups in total. The molecule has 0 spiro atoms. The first-order valence-electron chi connectivity index (χ1n) is 10.6. The first-order valence-corrected chi connectivity index (χ1v) is 11.7. The van der Waals surface area contributed by atoms with E-state index in [9.17, 15) is 9.59 Å². The summed E-state index contributed by atoms with van der Waals surface area (Å²) >= 11 is 1.62. The van der Waals surface area contributed by atoms with Gasteiger partial charge in [0.1, 0.15) is 11.1 Å². The number of nitrogens with one attached hydrogen (secondary N) is 1. The number of ether oxygens (including phenoxy) is 1. The first-order chi connectivity index (χ1) is 15.5. The van der Waals surface area contributed by atoms with Crippen molar-refractivity contribution in [2.24, 2.45) is 0 Å². The number of benzene rings is 3. The topological polar surface area (TPSA) is 58.6 Å². The Kier molecular flexibility index (Phi) is 6.81. The number of carbonyl (C=O) groups is 2. The summed E-state index contributed by atoms with van der Waals surface area (Å²) in [7, 11) is 0. The van der Waals surface area contributed by atoms with Gasteiger partial charge in [0.25, 0.3) is 5.91 Å². The maximum Gasteiger partial charge on any atom is 0.262 e. The number of hydrogen-bond donors (Lipinski definition) is 1. The molecule has 1 saturated heterocycles. The van der Waals surface area contributed by atoms with Crippen LogP contribution >= 0.6 is 11.8 Å². The molecule has 1 heterocycles. The van der Waals surface area contributed by atoms with E-state index in [0.717, 1.165) is 16.8 Å². The summed E-state index contributed by atoms with van der Waals surface area (Å²) < 4.78 is 5.49. The Morgan fingerprint density at radius 2 is 1.72 bits per heavy atom. The summed E-state index contributed by atoms with van der Waals surface area (Å²) in [5, 5.41) is 2.77. The molecular formula is C26H26N2O3S. The van der Waals surface area contributed by atoms with E-state index in [4.69, 9.17) is 4.74 Å². The van der Waals surface area contributed by atoms with E-state index in [1.165, 1.54) is 0 Å². The number of amides is 2. The highest BCUT2D eigenvalue weighted by Crippen LogP contribution is 2.44. The van der Waals surface area contributed by atoms with Gasteiger partial charge in [-0.3, -0.25) is 14.5 Å². The SMILES string of the molecule is CC(C)c1ccccc1N1C(=O)CSC1c1ccc(NC(=O)COc2ccccc2)cc1. The Labute approximate surface area is 192 Å². The van der Waals surface area contributed by atoms with Crippen LogP contribution in [0.2, 0.25) is 0 Å². The summed E-state index contributed by atoms with van der Waals surface area (Å²) in [6.07, 6.45) is 0. The predicted octanol–water partition coefficient (Wildman–Crippen LogP) is 5.61. The van der Waals surface area contributed by atoms with Crippen LogP contribution in [-0.4, -0.2) is 24.2 Å². The number of anilines is 2. The average Bonchev–Trinajstić information content (AvgIpc) is 3.20. The zero-order chi connectivity index (χ0) is 22.5. The van der Waals surface area contributed by atoms with E-state index in [1.54, 1.807) is 11.8 Å². The highest BCUT2D eigenvalue weighted by molar-refractivity contribution is 8.00. The summed E-state index contributed by atoms with van der Waals surface area (Å²) in [5.41, 5.74) is 3.85. The lowest BCUT2D eigenvalue weighted by molar-refractivity contribution is -0.118. The van der Waals surface area contributed by atoms with Gasteiger partial charge in [-0.15, -0.1) is 11.8 Å². The summed E-state index contributed by atoms with van der Waals surface area (Å²) in [4.78, 5) is 26.9. The molecule has 1 atom stereocenters. The minimum Gasteiger partial charge on any atom is -0.484 e. The van der Waals surface area contributed by atoms with Gasteiger partial charge in [0.15, 0.2) is 6.61 Å². The molecule has 2 amide bonds. The van der Waals surface area contributed by atoms with Crippen LogP contribution in [0, 0.1) is 0 Å². The van der Waals surface area contributed by atoms with Crippen LogP contribution in [0.4, 0.5) is 11.4 Å². The van der Waals surface area contributed by atoms with Crippen molar-refractivity contribution >= 4 is 35.0 Å². The fourth-order valence-corrected chi connectivity index (χ4v) is 4.89. The van der Waals surface area contributed by atoms with Gasteiger partial charge in [-0.05, 0) is 47.4 Å². The minimum absolute atomic E-state index is 0.0570. The Bertz CT molecular complexity index is 1080. The maximum absolute atomic E-state index is 12.8. The first kappa shape index (κ1) is 22.0. The number of thioether (sulfide) groups is 1. The van der Waals surface area contributed by atoms with Gasteiger partial charge in [0.2, 0.25) is 5.91 Å². The Morgan fingerprint density at radius 1 is 1.03 bits per heavy atom. The van der Waals surface area contributed by atoms with Gasteiger partial charge in [-0.1, -0.05) is 62.4 Å². The zero-order valence-electron chi connectivity index (χ0n) is 18.2. The van der Waals surface area contributed by atoms with Crippen LogP contribution in [0.25, 0.3) is 0 Å². The lowest BCUT2D eigenvalue weighted by Crippen LogP contribution is -2.29. The van der Waals surface area contributed by atoms with Gasteiger partial charge < -0.3 is 10.1 Å². The normalized spacial score (nSPS) is 15.8. The quantitative estimate of drug-likeness (QED) is 0.513. The molecule has 0 bridgehead atoms. The Morgan fingerprint density at radius 3 is 2.44 bits per heavy atom. The molecule has 6 heteroatoms. The molecule has 32 heavy (non-hydrogen) atoms. The molecule has 0 saturated carbocycles. The smallest absolute Gasteiger partial charge is 0.262 e. The van der Waals surface area contributed by atoms with Gasteiger partial charge in [-0.25, -0.2) is 0 Å². The van der Waals surface area contributed by atoms with E-state index < -0.39 is 0 Å². The zero-order valence-corrected chi connectivity index (χ0v) is 19.0. The minimum atomic E-state index is -0.223. The Hall–Kier alpha value is -3.25. The van der Waals surface area contributed by atoms with Gasteiger partial charge in [0, 0.05) is 11.4 Å². The monoisotopic (exact) mass is 446 g/mol. The second kappa shape index (κ2) is 9.92. The van der Waals surface area contributed by atoms with Crippen molar-refractivity contribution in [2.75, 3.05) is 22.6 Å². The van der Waals surface area contributed by atoms with Crippen molar-refractivity contribution in [1.29, 1.82) is 0 Å². The van der Waals surface area contributed by atoms with Gasteiger partial charge in [-0.2, -0.15) is 0 Å². The Balaban J connectivity index is 1.45. The van der Waals surface area contributed by atoms with Crippen LogP contribution < -0.4 is 15.0 Å². The maximum atomic E-state index is 12.8. The molecule has 164 valence electrons. The van der Waals surface area contributed by atoms with Crippen molar-refractivity contribution in [3.63, 3.8) is 0 Å². The van der Waals surface area contributed by atoms with Crippen molar-refractivity contribution < 1.29 is 14.3 Å². The lowest BCUT2D eigenvalue weighted by atomic mass is 10.00. The largest absolute Gasteiger partial charge is 0.484 e. The molecule has 1 aliphatic heterocycles. The molecule has 0 radical (unpaired) electrons. The van der Waals surface area contributed by atoms with Crippen LogP contribution in [0.3, 0.4) is 0 Å². The van der Waals surface area contributed by atoms with Crippen LogP contribution in [0.1, 0.15) is 36.3 Å². The van der Waals surface area contributed by atoms with Crippen molar-refractivity contribution in [2.45, 2.75) is 25.1 Å². The third-order valence-corrected chi connectivity index (χ3v) is 6.49. The molecular weight excluding hydrogens is 420 g/mol. The van der Waals surface area contributed by atoms with E-state index in [0.29, 0.717) is 23.1 Å². The van der Waals surface area contributed by atoms with Crippen molar-refractivity contribution in [3.05, 3.63) is 90.0 Å². The molecule has 1 unspecified atom stereocenters. The highest BCUT2D eigenvalue weighted by Gasteiger charge is 2.35. The summed E-state index contributed by atoms with van der Waals surface area (Å²) in [5.74, 6) is 1.32. The summed E-state index contributed by atoms with van der Waals surface area (Å²) in [6.45, 7) is 4.22. The number of carbonyl (C=O) groups excluding carboxylic acids is 2.